The van der Waals surface area contributed by atoms with Gasteiger partial charge >= 0.3 is 0 Å². The van der Waals surface area contributed by atoms with Gasteiger partial charge in [0.25, 0.3) is 0 Å². The first-order valence-corrected chi connectivity index (χ1v) is 7.90. The molecule has 0 aromatic carbocycles. The molecule has 102 valence electrons. The Morgan fingerprint density at radius 1 is 0.882 bits per heavy atom. The highest BCUT2D eigenvalue weighted by molar-refractivity contribution is 4.80. The van der Waals surface area contributed by atoms with Crippen LogP contribution >= 0.6 is 0 Å². The van der Waals surface area contributed by atoms with Gasteiger partial charge in [0.15, 0.2) is 0 Å². The van der Waals surface area contributed by atoms with Crippen molar-refractivity contribution in [1.29, 1.82) is 0 Å². The van der Waals surface area contributed by atoms with Crippen LogP contribution in [0.3, 0.4) is 0 Å². The van der Waals surface area contributed by atoms with Gasteiger partial charge < -0.3 is 0 Å². The Morgan fingerprint density at radius 3 is 2.29 bits per heavy atom. The number of likely N-dealkylation sites (tertiary alicyclic amines) is 1. The third kappa shape index (κ3) is 5.42. The molecule has 0 spiro atoms. The molecule has 1 saturated heterocycles. The second-order valence-electron chi connectivity index (χ2n) is 6.27. The Kier molecular flexibility index (Phi) is 7.18. The van der Waals surface area contributed by atoms with Gasteiger partial charge in [0.05, 0.1) is 0 Å². The summed E-state index contributed by atoms with van der Waals surface area (Å²) in [5.41, 5.74) is 0. The van der Waals surface area contributed by atoms with Crippen molar-refractivity contribution in [1.82, 2.24) is 4.90 Å². The van der Waals surface area contributed by atoms with Crippen molar-refractivity contribution in [2.75, 3.05) is 6.54 Å². The minimum Gasteiger partial charge on any atom is -0.298 e. The third-order valence-corrected chi connectivity index (χ3v) is 4.47. The molecule has 0 radical (unpaired) electrons. The lowest BCUT2D eigenvalue weighted by Crippen LogP contribution is -2.39. The molecule has 1 heteroatoms. The van der Waals surface area contributed by atoms with E-state index < -0.39 is 0 Å². The van der Waals surface area contributed by atoms with Crippen LogP contribution in [-0.4, -0.2) is 23.5 Å². The number of unbranched alkanes of at least 4 members (excludes halogenated alkanes) is 4. The molecule has 1 nitrogen and oxygen atoms in total. The molecule has 1 rings (SSSR count). The average molecular weight is 239 g/mol. The Labute approximate surface area is 109 Å². The number of hydrogen-bond donors (Lipinski definition) is 0. The maximum absolute atomic E-state index is 2.77. The third-order valence-electron chi connectivity index (χ3n) is 4.47. The topological polar surface area (TPSA) is 3.24 Å². The first-order valence-electron chi connectivity index (χ1n) is 7.90. The van der Waals surface area contributed by atoms with Crippen LogP contribution in [0.1, 0.15) is 79.1 Å². The monoisotopic (exact) mass is 239 g/mol. The normalized spacial score (nSPS) is 31.4. The maximum Gasteiger partial charge on any atom is 0.00722 e. The van der Waals surface area contributed by atoms with E-state index in [-0.39, 0.29) is 0 Å². The summed E-state index contributed by atoms with van der Waals surface area (Å²) in [6.07, 6.45) is 11.3. The fraction of sp³-hybridized carbons (Fsp3) is 1.00. The van der Waals surface area contributed by atoms with Gasteiger partial charge in [-0.05, 0) is 52.0 Å². The molecule has 3 unspecified atom stereocenters. The molecule has 1 heterocycles. The van der Waals surface area contributed by atoms with Crippen LogP contribution in [0.25, 0.3) is 0 Å². The molecule has 1 fully saturated rings. The van der Waals surface area contributed by atoms with Crippen molar-refractivity contribution >= 4 is 0 Å². The van der Waals surface area contributed by atoms with Crippen LogP contribution in [0.15, 0.2) is 0 Å². The zero-order valence-electron chi connectivity index (χ0n) is 12.5. The quantitative estimate of drug-likeness (QED) is 0.599. The van der Waals surface area contributed by atoms with Crippen LogP contribution in [0, 0.1) is 5.92 Å². The van der Waals surface area contributed by atoms with E-state index in [4.69, 9.17) is 0 Å². The van der Waals surface area contributed by atoms with Crippen molar-refractivity contribution < 1.29 is 0 Å². The van der Waals surface area contributed by atoms with Crippen LogP contribution in [0.2, 0.25) is 0 Å². The SMILES string of the molecule is CCCCCCCN1C(C)CCC(C)CC1C. The molecule has 0 aromatic heterocycles. The maximum atomic E-state index is 2.77. The largest absolute Gasteiger partial charge is 0.298 e. The molecule has 0 aromatic rings. The van der Waals surface area contributed by atoms with Gasteiger partial charge in [0, 0.05) is 12.1 Å². The number of hydrogen-bond acceptors (Lipinski definition) is 1. The molecular weight excluding hydrogens is 206 g/mol. The van der Waals surface area contributed by atoms with Gasteiger partial charge in [-0.2, -0.15) is 0 Å². The molecule has 0 aliphatic carbocycles. The molecule has 0 amide bonds. The van der Waals surface area contributed by atoms with Gasteiger partial charge in [-0.3, -0.25) is 4.90 Å². The average Bonchev–Trinajstić information content (AvgIpc) is 2.41. The lowest BCUT2D eigenvalue weighted by Gasteiger charge is -2.32. The van der Waals surface area contributed by atoms with Crippen molar-refractivity contribution in [3.8, 4) is 0 Å². The van der Waals surface area contributed by atoms with Crippen molar-refractivity contribution in [2.24, 2.45) is 5.92 Å². The molecule has 0 bridgehead atoms. The number of rotatable bonds is 6. The predicted octanol–water partition coefficient (Wildman–Crippen LogP) is 4.86. The Hall–Kier alpha value is -0.0400. The lowest BCUT2D eigenvalue weighted by atomic mass is 9.99. The van der Waals surface area contributed by atoms with Crippen LogP contribution < -0.4 is 0 Å². The first kappa shape index (κ1) is 15.0. The second-order valence-corrected chi connectivity index (χ2v) is 6.27. The number of nitrogens with zero attached hydrogens (tertiary/aromatic N) is 1. The van der Waals surface area contributed by atoms with Crippen molar-refractivity contribution in [3.05, 3.63) is 0 Å². The van der Waals surface area contributed by atoms with E-state index in [9.17, 15) is 0 Å². The summed E-state index contributed by atoms with van der Waals surface area (Å²) in [5, 5.41) is 0. The Morgan fingerprint density at radius 2 is 1.59 bits per heavy atom. The van der Waals surface area contributed by atoms with E-state index in [1.807, 2.05) is 0 Å². The van der Waals surface area contributed by atoms with Crippen LogP contribution in [0.5, 0.6) is 0 Å². The standard InChI is InChI=1S/C16H33N/c1-5-6-7-8-9-12-17-15(3)11-10-14(2)13-16(17)4/h14-16H,5-13H2,1-4H3. The van der Waals surface area contributed by atoms with E-state index in [2.05, 4.69) is 32.6 Å². The lowest BCUT2D eigenvalue weighted by molar-refractivity contribution is 0.150. The minimum atomic E-state index is 0.800. The van der Waals surface area contributed by atoms with E-state index in [1.165, 1.54) is 57.9 Å². The fourth-order valence-electron chi connectivity index (χ4n) is 3.30. The Bertz CT molecular complexity index is 190. The highest BCUT2D eigenvalue weighted by atomic mass is 15.2. The van der Waals surface area contributed by atoms with Crippen molar-refractivity contribution in [2.45, 2.75) is 91.1 Å². The van der Waals surface area contributed by atoms with Crippen LogP contribution in [0.4, 0.5) is 0 Å². The highest BCUT2D eigenvalue weighted by Crippen LogP contribution is 2.26. The van der Waals surface area contributed by atoms with E-state index in [0.29, 0.717) is 0 Å². The molecule has 17 heavy (non-hydrogen) atoms. The van der Waals surface area contributed by atoms with Gasteiger partial charge in [-0.15, -0.1) is 0 Å². The fourth-order valence-corrected chi connectivity index (χ4v) is 3.30. The predicted molar refractivity (Wildman–Crippen MR) is 77.4 cm³/mol. The highest BCUT2D eigenvalue weighted by Gasteiger charge is 2.25. The van der Waals surface area contributed by atoms with E-state index >= 15 is 0 Å². The summed E-state index contributed by atoms with van der Waals surface area (Å²) in [5.74, 6) is 0.928. The molecular formula is C16H33N. The summed E-state index contributed by atoms with van der Waals surface area (Å²) in [6, 6.07) is 1.61. The zero-order valence-corrected chi connectivity index (χ0v) is 12.5. The van der Waals surface area contributed by atoms with Gasteiger partial charge in [-0.1, -0.05) is 39.5 Å². The van der Waals surface area contributed by atoms with Gasteiger partial charge in [-0.25, -0.2) is 0 Å². The zero-order chi connectivity index (χ0) is 12.7. The molecule has 3 atom stereocenters. The first-order chi connectivity index (χ1) is 8.15. The van der Waals surface area contributed by atoms with Gasteiger partial charge in [0.2, 0.25) is 0 Å². The molecule has 1 aliphatic rings. The summed E-state index contributed by atoms with van der Waals surface area (Å²) >= 11 is 0. The Balaban J connectivity index is 2.28. The second kappa shape index (κ2) is 8.13. The van der Waals surface area contributed by atoms with E-state index in [1.54, 1.807) is 0 Å². The van der Waals surface area contributed by atoms with Gasteiger partial charge in [0.1, 0.15) is 0 Å². The smallest absolute Gasteiger partial charge is 0.00722 e. The minimum absolute atomic E-state index is 0.800. The van der Waals surface area contributed by atoms with Crippen LogP contribution in [-0.2, 0) is 0 Å². The summed E-state index contributed by atoms with van der Waals surface area (Å²) in [7, 11) is 0. The van der Waals surface area contributed by atoms with E-state index in [0.717, 1.165) is 18.0 Å². The summed E-state index contributed by atoms with van der Waals surface area (Å²) in [4.78, 5) is 2.77. The molecule has 0 N–H and O–H groups in total. The summed E-state index contributed by atoms with van der Waals surface area (Å²) in [6.45, 7) is 10.9. The summed E-state index contributed by atoms with van der Waals surface area (Å²) < 4.78 is 0. The van der Waals surface area contributed by atoms with Crippen molar-refractivity contribution in [3.63, 3.8) is 0 Å². The molecule has 1 aliphatic heterocycles. The molecule has 0 saturated carbocycles.